The summed E-state index contributed by atoms with van der Waals surface area (Å²) >= 11 is 3.41. The monoisotopic (exact) mass is 340 g/mol. The molecule has 0 bridgehead atoms. The lowest BCUT2D eigenvalue weighted by molar-refractivity contribution is -0.122. The summed E-state index contributed by atoms with van der Waals surface area (Å²) in [6.07, 6.45) is 2.36. The Labute approximate surface area is 130 Å². The van der Waals surface area contributed by atoms with Gasteiger partial charge < -0.3 is 11.1 Å². The van der Waals surface area contributed by atoms with Crippen LogP contribution in [0.1, 0.15) is 51.6 Å². The highest BCUT2D eigenvalue weighted by atomic mass is 79.9. The van der Waals surface area contributed by atoms with Crippen LogP contribution < -0.4 is 11.1 Å². The molecule has 0 heterocycles. The lowest BCUT2D eigenvalue weighted by Crippen LogP contribution is -2.28. The molecule has 20 heavy (non-hydrogen) atoms. The Morgan fingerprint density at radius 3 is 2.45 bits per heavy atom. The molecule has 4 heteroatoms. The zero-order chi connectivity index (χ0) is 15.2. The van der Waals surface area contributed by atoms with Crippen LogP contribution in [0.4, 0.5) is 0 Å². The van der Waals surface area contributed by atoms with Gasteiger partial charge in [-0.25, -0.2) is 0 Å². The first-order chi connectivity index (χ1) is 9.34. The Kier molecular flexibility index (Phi) is 6.69. The van der Waals surface area contributed by atoms with E-state index >= 15 is 0 Å². The van der Waals surface area contributed by atoms with Gasteiger partial charge in [0.2, 0.25) is 5.91 Å². The molecule has 1 amide bonds. The number of hydrogen-bond donors (Lipinski definition) is 2. The maximum absolute atomic E-state index is 12.0. The van der Waals surface area contributed by atoms with E-state index in [1.54, 1.807) is 0 Å². The third-order valence-corrected chi connectivity index (χ3v) is 4.13. The summed E-state index contributed by atoms with van der Waals surface area (Å²) in [4.78, 5) is 12.0. The lowest BCUT2D eigenvalue weighted by atomic mass is 9.84. The van der Waals surface area contributed by atoms with Gasteiger partial charge in [0, 0.05) is 10.9 Å². The van der Waals surface area contributed by atoms with E-state index in [-0.39, 0.29) is 17.4 Å². The Morgan fingerprint density at radius 2 is 1.90 bits per heavy atom. The molecular weight excluding hydrogens is 316 g/mol. The van der Waals surface area contributed by atoms with Crippen LogP contribution in [0.15, 0.2) is 28.7 Å². The molecule has 0 aliphatic rings. The van der Waals surface area contributed by atoms with Gasteiger partial charge >= 0.3 is 0 Å². The first-order valence-corrected chi connectivity index (χ1v) is 7.88. The summed E-state index contributed by atoms with van der Waals surface area (Å²) in [5.74, 6) is 0.102. The number of halogens is 1. The van der Waals surface area contributed by atoms with Crippen molar-refractivity contribution >= 4 is 21.8 Å². The van der Waals surface area contributed by atoms with Gasteiger partial charge in [0.1, 0.15) is 0 Å². The van der Waals surface area contributed by atoms with Crippen LogP contribution in [0.3, 0.4) is 0 Å². The molecule has 1 unspecified atom stereocenters. The fourth-order valence-corrected chi connectivity index (χ4v) is 2.38. The van der Waals surface area contributed by atoms with Crippen molar-refractivity contribution in [2.75, 3.05) is 6.54 Å². The highest BCUT2D eigenvalue weighted by Gasteiger charge is 2.19. The molecule has 0 saturated heterocycles. The minimum absolute atomic E-state index is 0.0354. The number of benzene rings is 1. The average Bonchev–Trinajstić information content (AvgIpc) is 2.37. The Morgan fingerprint density at radius 1 is 1.30 bits per heavy atom. The maximum atomic E-state index is 12.0. The smallest absolute Gasteiger partial charge is 0.220 e. The largest absolute Gasteiger partial charge is 0.350 e. The van der Waals surface area contributed by atoms with Gasteiger partial charge in [-0.2, -0.15) is 0 Å². The van der Waals surface area contributed by atoms with Crippen LogP contribution in [0.25, 0.3) is 0 Å². The SMILES string of the molecule is CC(NC(=O)CCC(C)(C)CCN)c1ccc(Br)cc1. The average molecular weight is 341 g/mol. The van der Waals surface area contributed by atoms with Crippen LogP contribution in [-0.2, 0) is 4.79 Å². The molecule has 0 fully saturated rings. The summed E-state index contributed by atoms with van der Waals surface area (Å²) < 4.78 is 1.04. The molecule has 1 aromatic carbocycles. The van der Waals surface area contributed by atoms with E-state index in [2.05, 4.69) is 35.1 Å². The third-order valence-electron chi connectivity index (χ3n) is 3.60. The van der Waals surface area contributed by atoms with Crippen molar-refractivity contribution < 1.29 is 4.79 Å². The molecule has 0 saturated carbocycles. The molecule has 3 nitrogen and oxygen atoms in total. The Hall–Kier alpha value is -0.870. The zero-order valence-corrected chi connectivity index (χ0v) is 14.2. The second-order valence-electron chi connectivity index (χ2n) is 6.04. The van der Waals surface area contributed by atoms with Crippen LogP contribution >= 0.6 is 15.9 Å². The molecule has 1 aromatic rings. The van der Waals surface area contributed by atoms with Gasteiger partial charge in [-0.05, 0) is 49.4 Å². The normalized spacial score (nSPS) is 13.1. The standard InChI is InChI=1S/C16H25BrN2O/c1-12(13-4-6-14(17)7-5-13)19-15(20)8-9-16(2,3)10-11-18/h4-7,12H,8-11,18H2,1-3H3,(H,19,20). The molecular formula is C16H25BrN2O. The fourth-order valence-electron chi connectivity index (χ4n) is 2.12. The quantitative estimate of drug-likeness (QED) is 0.793. The van der Waals surface area contributed by atoms with Crippen molar-refractivity contribution in [3.63, 3.8) is 0 Å². The summed E-state index contributed by atoms with van der Waals surface area (Å²) in [5, 5.41) is 3.04. The maximum Gasteiger partial charge on any atom is 0.220 e. The van der Waals surface area contributed by atoms with E-state index in [0.29, 0.717) is 13.0 Å². The molecule has 0 radical (unpaired) electrons. The minimum atomic E-state index is 0.0354. The molecule has 3 N–H and O–H groups in total. The van der Waals surface area contributed by atoms with Crippen molar-refractivity contribution in [2.45, 2.75) is 46.1 Å². The predicted octanol–water partition coefficient (Wildman–Crippen LogP) is 3.78. The Bertz CT molecular complexity index is 429. The number of hydrogen-bond acceptors (Lipinski definition) is 2. The van der Waals surface area contributed by atoms with Crippen LogP contribution in [0.2, 0.25) is 0 Å². The zero-order valence-electron chi connectivity index (χ0n) is 12.6. The van der Waals surface area contributed by atoms with Crippen molar-refractivity contribution in [1.82, 2.24) is 5.32 Å². The topological polar surface area (TPSA) is 55.1 Å². The fraction of sp³-hybridized carbons (Fsp3) is 0.562. The van der Waals surface area contributed by atoms with Gasteiger partial charge in [0.15, 0.2) is 0 Å². The molecule has 1 atom stereocenters. The van der Waals surface area contributed by atoms with Crippen molar-refractivity contribution in [3.8, 4) is 0 Å². The van der Waals surface area contributed by atoms with E-state index in [1.165, 1.54) is 0 Å². The number of rotatable bonds is 7. The van der Waals surface area contributed by atoms with Crippen molar-refractivity contribution in [2.24, 2.45) is 11.1 Å². The molecule has 112 valence electrons. The van der Waals surface area contributed by atoms with Crippen molar-refractivity contribution in [1.29, 1.82) is 0 Å². The van der Waals surface area contributed by atoms with Gasteiger partial charge in [-0.1, -0.05) is 41.9 Å². The minimum Gasteiger partial charge on any atom is -0.350 e. The number of amides is 1. The Balaban J connectivity index is 2.44. The summed E-state index contributed by atoms with van der Waals surface area (Å²) in [7, 11) is 0. The van der Waals surface area contributed by atoms with Gasteiger partial charge in [0.25, 0.3) is 0 Å². The van der Waals surface area contributed by atoms with E-state index in [9.17, 15) is 4.79 Å². The van der Waals surface area contributed by atoms with Gasteiger partial charge in [0.05, 0.1) is 6.04 Å². The van der Waals surface area contributed by atoms with Crippen molar-refractivity contribution in [3.05, 3.63) is 34.3 Å². The number of carbonyl (C=O) groups is 1. The molecule has 0 aliphatic carbocycles. The van der Waals surface area contributed by atoms with E-state index in [4.69, 9.17) is 5.73 Å². The second-order valence-corrected chi connectivity index (χ2v) is 6.96. The van der Waals surface area contributed by atoms with E-state index in [0.717, 1.165) is 22.9 Å². The summed E-state index contributed by atoms with van der Waals surface area (Å²) in [6.45, 7) is 6.99. The predicted molar refractivity (Wildman–Crippen MR) is 87.4 cm³/mol. The summed E-state index contributed by atoms with van der Waals surface area (Å²) in [6, 6.07) is 8.05. The second kappa shape index (κ2) is 7.79. The molecule has 0 aromatic heterocycles. The molecule has 0 aliphatic heterocycles. The third kappa shape index (κ3) is 6.06. The molecule has 1 rings (SSSR count). The van der Waals surface area contributed by atoms with Gasteiger partial charge in [-0.3, -0.25) is 4.79 Å². The lowest BCUT2D eigenvalue weighted by Gasteiger charge is -2.24. The van der Waals surface area contributed by atoms with E-state index in [1.807, 2.05) is 31.2 Å². The van der Waals surface area contributed by atoms with Crippen LogP contribution in [-0.4, -0.2) is 12.5 Å². The summed E-state index contributed by atoms with van der Waals surface area (Å²) in [5.41, 5.74) is 6.83. The number of nitrogens with one attached hydrogen (secondary N) is 1. The number of carbonyl (C=O) groups excluding carboxylic acids is 1. The first-order valence-electron chi connectivity index (χ1n) is 7.09. The van der Waals surface area contributed by atoms with E-state index < -0.39 is 0 Å². The van der Waals surface area contributed by atoms with Gasteiger partial charge in [-0.15, -0.1) is 0 Å². The van der Waals surface area contributed by atoms with Crippen LogP contribution in [0, 0.1) is 5.41 Å². The highest BCUT2D eigenvalue weighted by molar-refractivity contribution is 9.10. The first kappa shape index (κ1) is 17.2. The number of nitrogens with two attached hydrogens (primary N) is 1. The highest BCUT2D eigenvalue weighted by Crippen LogP contribution is 2.26. The van der Waals surface area contributed by atoms with Crippen LogP contribution in [0.5, 0.6) is 0 Å². The molecule has 0 spiro atoms.